The zero-order chi connectivity index (χ0) is 17.4. The summed E-state index contributed by atoms with van der Waals surface area (Å²) < 4.78 is 1.15. The van der Waals surface area contributed by atoms with Crippen molar-refractivity contribution in [2.24, 2.45) is 11.8 Å². The van der Waals surface area contributed by atoms with E-state index in [4.69, 9.17) is 0 Å². The average molecular weight is 340 g/mol. The van der Waals surface area contributed by atoms with Crippen LogP contribution in [-0.2, 0) is 9.59 Å². The van der Waals surface area contributed by atoms with Crippen molar-refractivity contribution in [2.75, 3.05) is 18.5 Å². The molecule has 25 heavy (non-hydrogen) atoms. The lowest BCUT2D eigenvalue weighted by atomic mass is 9.96. The zero-order valence-corrected chi connectivity index (χ0v) is 13.9. The number of aromatic nitrogens is 2. The number of rotatable bonds is 3. The van der Waals surface area contributed by atoms with E-state index >= 15 is 0 Å². The molecular weight excluding hydrogens is 320 g/mol. The second-order valence-corrected chi connectivity index (χ2v) is 6.79. The highest BCUT2D eigenvalue weighted by Crippen LogP contribution is 2.32. The first kappa shape index (κ1) is 15.8. The summed E-state index contributed by atoms with van der Waals surface area (Å²) in [5.41, 5.74) is 2.96. The number of carbonyl (C=O) groups excluding carboxylic acids is 2. The predicted molar refractivity (Wildman–Crippen MR) is 92.4 cm³/mol. The van der Waals surface area contributed by atoms with E-state index in [1.165, 1.54) is 6.33 Å². The molecule has 2 aromatic rings. The molecule has 0 unspecified atom stereocenters. The Labute approximate surface area is 144 Å². The number of carbonyl (C=O) groups is 2. The minimum absolute atomic E-state index is 0.193. The zero-order valence-electron chi connectivity index (χ0n) is 13.9. The Morgan fingerprint density at radius 3 is 2.48 bits per heavy atom. The Kier molecular flexibility index (Phi) is 3.99. The van der Waals surface area contributed by atoms with E-state index in [0.717, 1.165) is 17.5 Å². The summed E-state index contributed by atoms with van der Waals surface area (Å²) in [5, 5.41) is 0.468. The van der Waals surface area contributed by atoms with Crippen LogP contribution >= 0.6 is 0 Å². The van der Waals surface area contributed by atoms with Crippen LogP contribution in [0.5, 0.6) is 0 Å². The lowest BCUT2D eigenvalue weighted by Crippen LogP contribution is -2.44. The summed E-state index contributed by atoms with van der Waals surface area (Å²) in [4.78, 5) is 43.0. The van der Waals surface area contributed by atoms with Gasteiger partial charge in [-0.15, -0.1) is 0 Å². The van der Waals surface area contributed by atoms with Crippen molar-refractivity contribution >= 4 is 22.7 Å². The first-order valence-electron chi connectivity index (χ1n) is 8.69. The standard InChI is InChI=1S/C18H20N4O3/c23-16(12-7-9-21(10-8-12)17(24)13-5-6-13)20-22-11-19-15-4-2-1-3-14(15)18(22)25/h1-4,11-13H,5-10H2,(H,20,23). The molecule has 1 N–H and O–H groups in total. The highest BCUT2D eigenvalue weighted by molar-refractivity contribution is 5.87. The summed E-state index contributed by atoms with van der Waals surface area (Å²) in [7, 11) is 0. The van der Waals surface area contributed by atoms with Gasteiger partial charge in [0.15, 0.2) is 0 Å². The van der Waals surface area contributed by atoms with E-state index in [1.54, 1.807) is 18.2 Å². The lowest BCUT2D eigenvalue weighted by molar-refractivity contribution is -0.135. The van der Waals surface area contributed by atoms with E-state index in [1.807, 2.05) is 11.0 Å². The van der Waals surface area contributed by atoms with Crippen LogP contribution in [0.25, 0.3) is 10.9 Å². The third-order valence-electron chi connectivity index (χ3n) is 5.00. The summed E-state index contributed by atoms with van der Waals surface area (Å²) in [6, 6.07) is 7.03. The molecule has 1 saturated carbocycles. The van der Waals surface area contributed by atoms with Gasteiger partial charge in [-0.2, -0.15) is 0 Å². The van der Waals surface area contributed by atoms with Gasteiger partial charge < -0.3 is 4.90 Å². The maximum absolute atomic E-state index is 12.5. The van der Waals surface area contributed by atoms with Gasteiger partial charge in [0.1, 0.15) is 6.33 Å². The van der Waals surface area contributed by atoms with Crippen LogP contribution < -0.4 is 11.0 Å². The smallest absolute Gasteiger partial charge is 0.280 e. The van der Waals surface area contributed by atoms with Crippen molar-refractivity contribution in [1.82, 2.24) is 14.6 Å². The van der Waals surface area contributed by atoms with Gasteiger partial charge in [-0.1, -0.05) is 12.1 Å². The maximum atomic E-state index is 12.5. The number of piperidine rings is 1. The maximum Gasteiger partial charge on any atom is 0.280 e. The van der Waals surface area contributed by atoms with Gasteiger partial charge in [0.25, 0.3) is 5.56 Å². The Morgan fingerprint density at radius 2 is 1.76 bits per heavy atom. The fourth-order valence-electron chi connectivity index (χ4n) is 3.31. The monoisotopic (exact) mass is 340 g/mol. The van der Waals surface area contributed by atoms with Crippen molar-refractivity contribution in [1.29, 1.82) is 0 Å². The minimum Gasteiger partial charge on any atom is -0.342 e. The average Bonchev–Trinajstić information content (AvgIpc) is 3.49. The van der Waals surface area contributed by atoms with Crippen LogP contribution in [0.4, 0.5) is 0 Å². The third kappa shape index (κ3) is 3.14. The predicted octanol–water partition coefficient (Wildman–Crippen LogP) is 1.12. The van der Waals surface area contributed by atoms with Crippen molar-refractivity contribution in [3.8, 4) is 0 Å². The lowest BCUT2D eigenvalue weighted by Gasteiger charge is -2.31. The molecule has 0 radical (unpaired) electrons. The van der Waals surface area contributed by atoms with Gasteiger partial charge >= 0.3 is 0 Å². The topological polar surface area (TPSA) is 84.3 Å². The van der Waals surface area contributed by atoms with Gasteiger partial charge in [0.2, 0.25) is 11.8 Å². The second-order valence-electron chi connectivity index (χ2n) is 6.79. The molecule has 7 nitrogen and oxygen atoms in total. The minimum atomic E-state index is -0.291. The van der Waals surface area contributed by atoms with E-state index in [2.05, 4.69) is 10.4 Å². The largest absolute Gasteiger partial charge is 0.342 e. The molecule has 2 fully saturated rings. The first-order valence-corrected chi connectivity index (χ1v) is 8.69. The summed E-state index contributed by atoms with van der Waals surface area (Å²) in [6.07, 6.45) is 4.59. The van der Waals surface area contributed by atoms with Gasteiger partial charge in [-0.3, -0.25) is 19.8 Å². The van der Waals surface area contributed by atoms with Crippen LogP contribution in [0.1, 0.15) is 25.7 Å². The fraction of sp³-hybridized carbons (Fsp3) is 0.444. The molecule has 4 rings (SSSR count). The highest BCUT2D eigenvalue weighted by atomic mass is 16.2. The van der Waals surface area contributed by atoms with Crippen molar-refractivity contribution in [2.45, 2.75) is 25.7 Å². The van der Waals surface area contributed by atoms with Crippen LogP contribution in [0.15, 0.2) is 35.4 Å². The molecular formula is C18H20N4O3. The molecule has 1 saturated heterocycles. The van der Waals surface area contributed by atoms with Gasteiger partial charge in [0.05, 0.1) is 10.9 Å². The number of benzene rings is 1. The van der Waals surface area contributed by atoms with Crippen LogP contribution in [0, 0.1) is 11.8 Å². The number of nitrogens with zero attached hydrogens (tertiary/aromatic N) is 3. The summed E-state index contributed by atoms with van der Waals surface area (Å²) in [6.45, 7) is 1.22. The Morgan fingerprint density at radius 1 is 1.04 bits per heavy atom. The van der Waals surface area contributed by atoms with E-state index < -0.39 is 0 Å². The fourth-order valence-corrected chi connectivity index (χ4v) is 3.31. The molecule has 1 aliphatic carbocycles. The molecule has 2 amide bonds. The quantitative estimate of drug-likeness (QED) is 0.907. The molecule has 0 bridgehead atoms. The van der Waals surface area contributed by atoms with E-state index in [0.29, 0.717) is 36.8 Å². The van der Waals surface area contributed by atoms with Gasteiger partial charge in [-0.25, -0.2) is 9.66 Å². The number of likely N-dealkylation sites (tertiary alicyclic amines) is 1. The molecule has 0 spiro atoms. The number of amides is 2. The number of hydrogen-bond donors (Lipinski definition) is 1. The molecule has 0 atom stereocenters. The molecule has 7 heteroatoms. The molecule has 1 aromatic heterocycles. The Hall–Kier alpha value is -2.70. The second kappa shape index (κ2) is 6.31. The van der Waals surface area contributed by atoms with E-state index in [9.17, 15) is 14.4 Å². The summed E-state index contributed by atoms with van der Waals surface area (Å²) >= 11 is 0. The molecule has 1 aromatic carbocycles. The molecule has 2 aliphatic rings. The van der Waals surface area contributed by atoms with Crippen LogP contribution in [0.2, 0.25) is 0 Å². The first-order chi connectivity index (χ1) is 12.1. The third-order valence-corrected chi connectivity index (χ3v) is 5.00. The highest BCUT2D eigenvalue weighted by Gasteiger charge is 2.36. The van der Waals surface area contributed by atoms with Gasteiger partial charge in [-0.05, 0) is 37.8 Å². The Bertz CT molecular complexity index is 879. The van der Waals surface area contributed by atoms with E-state index in [-0.39, 0.29) is 29.2 Å². The van der Waals surface area contributed by atoms with Crippen molar-refractivity contribution in [3.05, 3.63) is 40.9 Å². The van der Waals surface area contributed by atoms with Crippen LogP contribution in [0.3, 0.4) is 0 Å². The Balaban J connectivity index is 1.42. The van der Waals surface area contributed by atoms with Crippen LogP contribution in [-0.4, -0.2) is 39.5 Å². The van der Waals surface area contributed by atoms with Crippen molar-refractivity contribution < 1.29 is 9.59 Å². The number of hydrogen-bond acceptors (Lipinski definition) is 4. The molecule has 2 heterocycles. The normalized spacial score (nSPS) is 18.3. The summed E-state index contributed by atoms with van der Waals surface area (Å²) in [5.74, 6) is 0.0563. The SMILES string of the molecule is O=C(Nn1cnc2ccccc2c1=O)C1CCN(C(=O)C2CC2)CC1. The molecule has 130 valence electrons. The van der Waals surface area contributed by atoms with Crippen molar-refractivity contribution in [3.63, 3.8) is 0 Å². The number of para-hydroxylation sites is 1. The number of fused-ring (bicyclic) bond motifs is 1. The van der Waals surface area contributed by atoms with Gasteiger partial charge in [0, 0.05) is 24.9 Å². The number of nitrogens with one attached hydrogen (secondary N) is 1. The molecule has 1 aliphatic heterocycles.